The van der Waals surface area contributed by atoms with Gasteiger partial charge in [-0.2, -0.15) is 0 Å². The summed E-state index contributed by atoms with van der Waals surface area (Å²) in [4.78, 5) is 17.4. The Kier molecular flexibility index (Phi) is 4.86. The van der Waals surface area contributed by atoms with Crippen LogP contribution in [0.25, 0.3) is 0 Å². The number of rotatable bonds is 2. The molecule has 1 spiro atoms. The molecule has 1 atom stereocenters. The Bertz CT molecular complexity index is 692. The van der Waals surface area contributed by atoms with Gasteiger partial charge in [0, 0.05) is 30.7 Å². The summed E-state index contributed by atoms with van der Waals surface area (Å²) in [6.07, 6.45) is 5.74. The first kappa shape index (κ1) is 18.1. The zero-order valence-electron chi connectivity index (χ0n) is 15.0. The highest BCUT2D eigenvalue weighted by Gasteiger charge is 2.50. The standard InChI is InChI=1S/C20H26ClFN2O2/c21-14-2-7-18(17(22)12-14)23-10-1-8-20(13-23)9-11-24(19(20)26)15-3-5-16(25)6-4-15/h2,7,12,15-16,25H,1,3-6,8-11,13H2/t15-,16-,20?. The Hall–Kier alpha value is -1.33. The molecular formula is C20H26ClFN2O2. The van der Waals surface area contributed by atoms with E-state index in [-0.39, 0.29) is 29.3 Å². The van der Waals surface area contributed by atoms with Crippen LogP contribution in [0.5, 0.6) is 0 Å². The Morgan fingerprint density at radius 1 is 1.15 bits per heavy atom. The Morgan fingerprint density at radius 3 is 2.65 bits per heavy atom. The van der Waals surface area contributed by atoms with Crippen molar-refractivity contribution in [1.82, 2.24) is 4.90 Å². The van der Waals surface area contributed by atoms with Crippen LogP contribution in [-0.2, 0) is 4.79 Å². The largest absolute Gasteiger partial charge is 0.393 e. The van der Waals surface area contributed by atoms with Gasteiger partial charge in [-0.1, -0.05) is 11.6 Å². The second-order valence-electron chi connectivity index (χ2n) is 8.11. The number of benzene rings is 1. The number of halogens is 2. The van der Waals surface area contributed by atoms with E-state index in [0.29, 0.717) is 17.3 Å². The molecule has 1 aromatic rings. The first-order valence-electron chi connectivity index (χ1n) is 9.68. The summed E-state index contributed by atoms with van der Waals surface area (Å²) in [6.45, 7) is 2.13. The van der Waals surface area contributed by atoms with Gasteiger partial charge >= 0.3 is 0 Å². The smallest absolute Gasteiger partial charge is 0.230 e. The number of likely N-dealkylation sites (tertiary alicyclic amines) is 1. The number of piperidine rings is 1. The van der Waals surface area contributed by atoms with Crippen molar-refractivity contribution in [3.63, 3.8) is 0 Å². The lowest BCUT2D eigenvalue weighted by Gasteiger charge is -2.41. The van der Waals surface area contributed by atoms with E-state index in [1.54, 1.807) is 12.1 Å². The summed E-state index contributed by atoms with van der Waals surface area (Å²) < 4.78 is 14.4. The lowest BCUT2D eigenvalue weighted by atomic mass is 9.78. The van der Waals surface area contributed by atoms with Crippen molar-refractivity contribution in [2.24, 2.45) is 5.41 Å². The first-order valence-corrected chi connectivity index (χ1v) is 10.1. The molecule has 1 saturated carbocycles. The number of anilines is 1. The molecule has 0 radical (unpaired) electrons. The molecule has 142 valence electrons. The third-order valence-corrected chi connectivity index (χ3v) is 6.72. The summed E-state index contributed by atoms with van der Waals surface area (Å²) >= 11 is 5.88. The van der Waals surface area contributed by atoms with Gasteiger partial charge in [-0.25, -0.2) is 4.39 Å². The maximum atomic E-state index is 14.4. The molecule has 1 amide bonds. The van der Waals surface area contributed by atoms with Gasteiger partial charge < -0.3 is 14.9 Å². The van der Waals surface area contributed by atoms with E-state index in [1.807, 2.05) is 9.80 Å². The molecule has 6 heteroatoms. The molecule has 3 aliphatic rings. The van der Waals surface area contributed by atoms with Crippen molar-refractivity contribution in [2.75, 3.05) is 24.5 Å². The zero-order chi connectivity index (χ0) is 18.3. The van der Waals surface area contributed by atoms with Crippen LogP contribution in [0.3, 0.4) is 0 Å². The van der Waals surface area contributed by atoms with Gasteiger partial charge in [0.2, 0.25) is 5.91 Å². The van der Waals surface area contributed by atoms with Crippen LogP contribution >= 0.6 is 11.6 Å². The normalized spacial score (nSPS) is 32.5. The minimum absolute atomic E-state index is 0.212. The Balaban J connectivity index is 1.50. The van der Waals surface area contributed by atoms with Crippen LogP contribution < -0.4 is 4.90 Å². The molecule has 2 saturated heterocycles. The van der Waals surface area contributed by atoms with E-state index in [1.165, 1.54) is 6.07 Å². The molecule has 2 aliphatic heterocycles. The second-order valence-corrected chi connectivity index (χ2v) is 8.55. The fourth-order valence-electron chi connectivity index (χ4n) is 5.02. The van der Waals surface area contributed by atoms with Crippen LogP contribution in [0.2, 0.25) is 5.02 Å². The van der Waals surface area contributed by atoms with Crippen LogP contribution in [0.15, 0.2) is 18.2 Å². The number of nitrogens with zero attached hydrogens (tertiary/aromatic N) is 2. The quantitative estimate of drug-likeness (QED) is 0.852. The Morgan fingerprint density at radius 2 is 1.92 bits per heavy atom. The highest BCUT2D eigenvalue weighted by atomic mass is 35.5. The summed E-state index contributed by atoms with van der Waals surface area (Å²) in [5.74, 6) is -0.0870. The fourth-order valence-corrected chi connectivity index (χ4v) is 5.18. The predicted octanol–water partition coefficient (Wildman–Crippen LogP) is 3.60. The monoisotopic (exact) mass is 380 g/mol. The number of carbonyl (C=O) groups excluding carboxylic acids is 1. The topological polar surface area (TPSA) is 43.8 Å². The number of hydrogen-bond acceptors (Lipinski definition) is 3. The predicted molar refractivity (Wildman–Crippen MR) is 99.9 cm³/mol. The van der Waals surface area contributed by atoms with E-state index in [4.69, 9.17) is 11.6 Å². The molecule has 1 aromatic carbocycles. The average molecular weight is 381 g/mol. The lowest BCUT2D eigenvalue weighted by Crippen LogP contribution is -2.50. The van der Waals surface area contributed by atoms with Crippen LogP contribution in [0, 0.1) is 11.2 Å². The zero-order valence-corrected chi connectivity index (χ0v) is 15.7. The SMILES string of the molecule is O=C1N([C@H]2CC[C@H](O)CC2)CCC12CCCN(c1ccc(Cl)cc1F)C2. The molecule has 4 rings (SSSR count). The maximum absolute atomic E-state index is 14.4. The van der Waals surface area contributed by atoms with Crippen molar-refractivity contribution in [1.29, 1.82) is 0 Å². The number of aliphatic hydroxyl groups excluding tert-OH is 1. The van der Waals surface area contributed by atoms with E-state index < -0.39 is 0 Å². The molecule has 1 unspecified atom stereocenters. The molecule has 4 nitrogen and oxygen atoms in total. The summed E-state index contributed by atoms with van der Waals surface area (Å²) in [5.41, 5.74) is 0.154. The number of carbonyl (C=O) groups is 1. The molecule has 2 heterocycles. The van der Waals surface area contributed by atoms with E-state index in [9.17, 15) is 14.3 Å². The molecule has 1 aliphatic carbocycles. The molecular weight excluding hydrogens is 355 g/mol. The summed E-state index contributed by atoms with van der Waals surface area (Å²) in [5, 5.41) is 10.1. The average Bonchev–Trinajstić information content (AvgIpc) is 2.92. The first-order chi connectivity index (χ1) is 12.5. The van der Waals surface area contributed by atoms with Crippen LogP contribution in [0.1, 0.15) is 44.9 Å². The van der Waals surface area contributed by atoms with E-state index in [2.05, 4.69) is 0 Å². The third-order valence-electron chi connectivity index (χ3n) is 6.48. The van der Waals surface area contributed by atoms with E-state index in [0.717, 1.165) is 58.0 Å². The van der Waals surface area contributed by atoms with Gasteiger partial charge in [0.05, 0.1) is 17.2 Å². The van der Waals surface area contributed by atoms with Gasteiger partial charge in [-0.15, -0.1) is 0 Å². The van der Waals surface area contributed by atoms with Crippen molar-refractivity contribution in [2.45, 2.75) is 57.1 Å². The summed E-state index contributed by atoms with van der Waals surface area (Å²) in [6, 6.07) is 5.02. The molecule has 1 N–H and O–H groups in total. The van der Waals surface area contributed by atoms with E-state index >= 15 is 0 Å². The van der Waals surface area contributed by atoms with Gasteiger partial charge in [0.25, 0.3) is 0 Å². The molecule has 26 heavy (non-hydrogen) atoms. The number of hydrogen-bond donors (Lipinski definition) is 1. The van der Waals surface area contributed by atoms with Crippen LogP contribution in [-0.4, -0.2) is 47.7 Å². The minimum atomic E-state index is -0.389. The lowest BCUT2D eigenvalue weighted by molar-refractivity contribution is -0.139. The number of aliphatic hydroxyl groups is 1. The minimum Gasteiger partial charge on any atom is -0.393 e. The third kappa shape index (κ3) is 3.20. The van der Waals surface area contributed by atoms with Gasteiger partial charge in [-0.3, -0.25) is 4.79 Å². The van der Waals surface area contributed by atoms with Gasteiger partial charge in [-0.05, 0) is 63.1 Å². The highest BCUT2D eigenvalue weighted by molar-refractivity contribution is 6.30. The van der Waals surface area contributed by atoms with Gasteiger partial charge in [0.15, 0.2) is 0 Å². The van der Waals surface area contributed by atoms with Crippen molar-refractivity contribution in [3.05, 3.63) is 29.0 Å². The van der Waals surface area contributed by atoms with Crippen molar-refractivity contribution < 1.29 is 14.3 Å². The van der Waals surface area contributed by atoms with Crippen molar-refractivity contribution in [3.8, 4) is 0 Å². The summed E-state index contributed by atoms with van der Waals surface area (Å²) in [7, 11) is 0. The molecule has 0 aromatic heterocycles. The number of amides is 1. The Labute approximate surface area is 158 Å². The highest BCUT2D eigenvalue weighted by Crippen LogP contribution is 2.43. The van der Waals surface area contributed by atoms with Crippen LogP contribution in [0.4, 0.5) is 10.1 Å². The van der Waals surface area contributed by atoms with Crippen molar-refractivity contribution >= 4 is 23.2 Å². The molecule has 3 fully saturated rings. The fraction of sp³-hybridized carbons (Fsp3) is 0.650. The molecule has 0 bridgehead atoms. The maximum Gasteiger partial charge on any atom is 0.230 e. The van der Waals surface area contributed by atoms with Gasteiger partial charge in [0.1, 0.15) is 5.82 Å². The second kappa shape index (κ2) is 7.01.